The molecule has 0 aliphatic carbocycles. The molecule has 0 amide bonds. The van der Waals surface area contributed by atoms with Crippen molar-refractivity contribution in [1.82, 2.24) is 4.47 Å². The Morgan fingerprint density at radius 1 is 1.46 bits per heavy atom. The standard InChI is InChI=1S/C14H11F3N4O2S/c1-13(6-18)10-9(24-21(13)23)5-8(22)12(11(10)14(15,16)17)20-4-2-3-19-7-20/h2-5,22-23H,7H2,1H3. The lowest BCUT2D eigenvalue weighted by Gasteiger charge is -2.29. The first-order valence-electron chi connectivity index (χ1n) is 6.69. The molecule has 0 radical (unpaired) electrons. The van der Waals surface area contributed by atoms with Gasteiger partial charge >= 0.3 is 6.18 Å². The maximum absolute atomic E-state index is 13.8. The van der Waals surface area contributed by atoms with Crippen molar-refractivity contribution in [3.8, 4) is 11.8 Å². The highest BCUT2D eigenvalue weighted by Crippen LogP contribution is 2.56. The third-order valence-electron chi connectivity index (χ3n) is 3.78. The number of benzene rings is 1. The van der Waals surface area contributed by atoms with Gasteiger partial charge in [0.25, 0.3) is 0 Å². The van der Waals surface area contributed by atoms with E-state index >= 15 is 0 Å². The van der Waals surface area contributed by atoms with Gasteiger partial charge in [0.1, 0.15) is 12.4 Å². The predicted molar refractivity (Wildman–Crippen MR) is 80.5 cm³/mol. The number of anilines is 1. The fourth-order valence-corrected chi connectivity index (χ4v) is 3.72. The lowest BCUT2D eigenvalue weighted by Crippen LogP contribution is -2.34. The number of nitriles is 1. The largest absolute Gasteiger partial charge is 0.506 e. The van der Waals surface area contributed by atoms with Crippen LogP contribution in [0.4, 0.5) is 18.9 Å². The zero-order chi connectivity index (χ0) is 17.7. The number of aliphatic imine (C=N–C) groups is 1. The van der Waals surface area contributed by atoms with E-state index in [2.05, 4.69) is 4.99 Å². The van der Waals surface area contributed by atoms with Crippen molar-refractivity contribution in [2.75, 3.05) is 11.6 Å². The normalized spacial score (nSPS) is 23.4. The van der Waals surface area contributed by atoms with E-state index in [0.29, 0.717) is 16.4 Å². The van der Waals surface area contributed by atoms with E-state index in [9.17, 15) is 28.7 Å². The second-order valence-corrected chi connectivity index (χ2v) is 6.29. The molecule has 2 aliphatic heterocycles. The van der Waals surface area contributed by atoms with Crippen LogP contribution < -0.4 is 4.90 Å². The molecular weight excluding hydrogens is 345 g/mol. The Kier molecular flexibility index (Phi) is 3.75. The first-order valence-corrected chi connectivity index (χ1v) is 7.46. The van der Waals surface area contributed by atoms with Crippen molar-refractivity contribution in [1.29, 1.82) is 5.26 Å². The number of nitrogens with zero attached hydrogens (tertiary/aromatic N) is 4. The van der Waals surface area contributed by atoms with Crippen molar-refractivity contribution in [2.24, 2.45) is 4.99 Å². The molecule has 10 heteroatoms. The summed E-state index contributed by atoms with van der Waals surface area (Å²) in [5.74, 6) is -0.606. The number of hydroxylamine groups is 1. The molecule has 1 aromatic carbocycles. The van der Waals surface area contributed by atoms with Crippen molar-refractivity contribution in [3.63, 3.8) is 0 Å². The molecule has 1 aromatic rings. The zero-order valence-electron chi connectivity index (χ0n) is 12.2. The number of alkyl halides is 3. The molecule has 0 aromatic heterocycles. The Hall–Kier alpha value is -2.22. The molecule has 0 fully saturated rings. The van der Waals surface area contributed by atoms with Crippen LogP contribution in [0.1, 0.15) is 18.1 Å². The highest BCUT2D eigenvalue weighted by Gasteiger charge is 2.52. The zero-order valence-corrected chi connectivity index (χ0v) is 13.1. The van der Waals surface area contributed by atoms with Crippen LogP contribution in [-0.4, -0.2) is 27.7 Å². The van der Waals surface area contributed by atoms with Gasteiger partial charge in [-0.15, -0.1) is 4.47 Å². The summed E-state index contributed by atoms with van der Waals surface area (Å²) >= 11 is 0.563. The van der Waals surface area contributed by atoms with E-state index in [1.54, 1.807) is 6.07 Å². The number of allylic oxidation sites excluding steroid dienone is 1. The summed E-state index contributed by atoms with van der Waals surface area (Å²) in [5, 5.41) is 29.5. The molecule has 1 unspecified atom stereocenters. The topological polar surface area (TPSA) is 83.1 Å². The monoisotopic (exact) mass is 356 g/mol. The van der Waals surface area contributed by atoms with Gasteiger partial charge in [-0.1, -0.05) is 0 Å². The molecule has 2 aliphatic rings. The number of hydrogen-bond acceptors (Lipinski definition) is 7. The van der Waals surface area contributed by atoms with E-state index in [1.807, 2.05) is 0 Å². The van der Waals surface area contributed by atoms with Crippen LogP contribution >= 0.6 is 11.9 Å². The van der Waals surface area contributed by atoms with E-state index < -0.39 is 28.7 Å². The quantitative estimate of drug-likeness (QED) is 0.752. The van der Waals surface area contributed by atoms with Gasteiger partial charge in [0.2, 0.25) is 0 Å². The van der Waals surface area contributed by atoms with Gasteiger partial charge in [-0.05, 0) is 31.0 Å². The van der Waals surface area contributed by atoms with Gasteiger partial charge in [-0.25, -0.2) is 0 Å². The smallest absolute Gasteiger partial charge is 0.418 e. The average molecular weight is 356 g/mol. The van der Waals surface area contributed by atoms with Crippen LogP contribution in [-0.2, 0) is 11.7 Å². The molecule has 6 nitrogen and oxygen atoms in total. The maximum atomic E-state index is 13.8. The molecule has 126 valence electrons. The Bertz CT molecular complexity index is 803. The van der Waals surface area contributed by atoms with Gasteiger partial charge in [0.15, 0.2) is 5.54 Å². The van der Waals surface area contributed by atoms with Crippen LogP contribution in [0.25, 0.3) is 0 Å². The Labute approximate surface area is 139 Å². The summed E-state index contributed by atoms with van der Waals surface area (Å²) in [6.07, 6.45) is -0.630. The molecule has 0 saturated carbocycles. The Balaban J connectivity index is 2.35. The Morgan fingerprint density at radius 3 is 2.71 bits per heavy atom. The summed E-state index contributed by atoms with van der Waals surface area (Å²) in [5.41, 5.74) is -3.95. The van der Waals surface area contributed by atoms with Gasteiger partial charge in [-0.2, -0.15) is 18.4 Å². The van der Waals surface area contributed by atoms with Crippen molar-refractivity contribution >= 4 is 23.8 Å². The molecule has 0 bridgehead atoms. The highest BCUT2D eigenvalue weighted by atomic mass is 32.2. The fourth-order valence-electron chi connectivity index (χ4n) is 2.67. The van der Waals surface area contributed by atoms with E-state index in [1.165, 1.54) is 25.4 Å². The SMILES string of the molecule is CC1(C#N)c2c(cc(O)c(N3C=CC=NC3)c2C(F)(F)F)SN1O. The average Bonchev–Trinajstić information content (AvgIpc) is 2.77. The van der Waals surface area contributed by atoms with Crippen LogP contribution in [0.5, 0.6) is 5.75 Å². The Morgan fingerprint density at radius 2 is 2.17 bits per heavy atom. The first-order chi connectivity index (χ1) is 11.2. The third kappa shape index (κ3) is 2.32. The van der Waals surface area contributed by atoms with Gasteiger partial charge in [0, 0.05) is 22.9 Å². The highest BCUT2D eigenvalue weighted by molar-refractivity contribution is 7.97. The summed E-state index contributed by atoms with van der Waals surface area (Å²) in [6.45, 7) is 1.08. The lowest BCUT2D eigenvalue weighted by atomic mass is 9.88. The molecule has 2 heterocycles. The number of rotatable bonds is 1. The molecular formula is C14H11F3N4O2S. The second kappa shape index (κ2) is 5.41. The minimum Gasteiger partial charge on any atom is -0.506 e. The van der Waals surface area contributed by atoms with Crippen LogP contribution in [0.15, 0.2) is 28.2 Å². The maximum Gasteiger partial charge on any atom is 0.418 e. The lowest BCUT2D eigenvalue weighted by molar-refractivity contribution is -0.139. The molecule has 3 rings (SSSR count). The molecule has 24 heavy (non-hydrogen) atoms. The minimum atomic E-state index is -4.85. The first kappa shape index (κ1) is 16.6. The predicted octanol–water partition coefficient (Wildman–Crippen LogP) is 3.22. The fraction of sp³-hybridized carbons (Fsp3) is 0.286. The molecule has 1 atom stereocenters. The number of hydrogen-bond donors (Lipinski definition) is 2. The number of fused-ring (bicyclic) bond motifs is 1. The van der Waals surface area contributed by atoms with E-state index in [4.69, 9.17) is 0 Å². The number of phenolic OH excluding ortho intramolecular Hbond substituents is 1. The van der Waals surface area contributed by atoms with Crippen LogP contribution in [0.2, 0.25) is 0 Å². The van der Waals surface area contributed by atoms with Crippen molar-refractivity contribution in [3.05, 3.63) is 29.5 Å². The molecule has 0 saturated heterocycles. The third-order valence-corrected chi connectivity index (χ3v) is 4.83. The van der Waals surface area contributed by atoms with E-state index in [-0.39, 0.29) is 17.1 Å². The van der Waals surface area contributed by atoms with Crippen molar-refractivity contribution < 1.29 is 23.5 Å². The number of phenols is 1. The summed E-state index contributed by atoms with van der Waals surface area (Å²) < 4.78 is 41.9. The number of aromatic hydroxyl groups is 1. The number of halogens is 3. The summed E-state index contributed by atoms with van der Waals surface area (Å²) in [4.78, 5) is 4.98. The van der Waals surface area contributed by atoms with Crippen LogP contribution in [0, 0.1) is 11.3 Å². The van der Waals surface area contributed by atoms with Gasteiger partial charge < -0.3 is 15.2 Å². The minimum absolute atomic E-state index is 0.0281. The van der Waals surface area contributed by atoms with Gasteiger partial charge in [0.05, 0.1) is 17.3 Å². The van der Waals surface area contributed by atoms with Crippen molar-refractivity contribution in [2.45, 2.75) is 23.5 Å². The summed E-state index contributed by atoms with van der Waals surface area (Å²) in [6, 6.07) is 2.83. The van der Waals surface area contributed by atoms with Gasteiger partial charge in [-0.3, -0.25) is 4.99 Å². The summed E-state index contributed by atoms with van der Waals surface area (Å²) in [7, 11) is 0. The second-order valence-electron chi connectivity index (χ2n) is 5.32. The van der Waals surface area contributed by atoms with E-state index in [0.717, 1.165) is 11.0 Å². The molecule has 2 N–H and O–H groups in total. The molecule has 0 spiro atoms. The van der Waals surface area contributed by atoms with Crippen LogP contribution in [0.3, 0.4) is 0 Å².